The molecule has 2 saturated heterocycles. The highest BCUT2D eigenvalue weighted by atomic mass is 35.5. The number of hydrogen-bond acceptors (Lipinski definition) is 6. The number of amides is 2. The van der Waals surface area contributed by atoms with Crippen LogP contribution in [-0.4, -0.2) is 74.0 Å². The number of aliphatic hydroxyl groups excluding tert-OH is 1. The van der Waals surface area contributed by atoms with Crippen molar-refractivity contribution in [1.82, 2.24) is 19.4 Å². The van der Waals surface area contributed by atoms with E-state index in [4.69, 9.17) is 21.3 Å². The summed E-state index contributed by atoms with van der Waals surface area (Å²) in [6.07, 6.45) is 1.63. The van der Waals surface area contributed by atoms with Gasteiger partial charge in [-0.05, 0) is 67.1 Å². The Balaban J connectivity index is 1.05. The summed E-state index contributed by atoms with van der Waals surface area (Å²) >= 11 is 5.95. The number of nitrogens with zero attached hydrogens (tertiary/aromatic N) is 5. The summed E-state index contributed by atoms with van der Waals surface area (Å²) in [4.78, 5) is 25.0. The molecule has 4 aromatic rings. The van der Waals surface area contributed by atoms with Crippen molar-refractivity contribution >= 4 is 34.4 Å². The summed E-state index contributed by atoms with van der Waals surface area (Å²) in [5.41, 5.74) is 4.64. The van der Waals surface area contributed by atoms with E-state index < -0.39 is 6.29 Å². The van der Waals surface area contributed by atoms with E-state index >= 15 is 0 Å². The Morgan fingerprint density at radius 3 is 2.58 bits per heavy atom. The van der Waals surface area contributed by atoms with Crippen LogP contribution in [-0.2, 0) is 30.8 Å². The van der Waals surface area contributed by atoms with Crippen LogP contribution in [0.15, 0.2) is 60.7 Å². The number of fused-ring (bicyclic) bond motifs is 2. The molecule has 236 valence electrons. The van der Waals surface area contributed by atoms with Gasteiger partial charge in [-0.3, -0.25) is 9.80 Å². The maximum absolute atomic E-state index is 14.5. The molecular weight excluding hydrogens is 597 g/mol. The maximum atomic E-state index is 14.5. The van der Waals surface area contributed by atoms with Crippen LogP contribution in [0.25, 0.3) is 11.0 Å². The van der Waals surface area contributed by atoms with Gasteiger partial charge in [-0.15, -0.1) is 0 Å². The van der Waals surface area contributed by atoms with Gasteiger partial charge in [0.1, 0.15) is 11.6 Å². The zero-order valence-electron chi connectivity index (χ0n) is 25.0. The van der Waals surface area contributed by atoms with Crippen molar-refractivity contribution in [2.75, 3.05) is 31.1 Å². The number of halogens is 2. The van der Waals surface area contributed by atoms with Crippen molar-refractivity contribution in [3.8, 4) is 0 Å². The topological polar surface area (TPSA) is 94.3 Å². The van der Waals surface area contributed by atoms with Gasteiger partial charge in [-0.1, -0.05) is 41.9 Å². The van der Waals surface area contributed by atoms with Crippen LogP contribution < -0.4 is 4.90 Å². The standard InChI is InChI=1S/C34H37ClFN5O4/c35-25-7-5-22(28(36)18-25)9-15-39-30-4-2-1-3-24(30)19-40(34(39)44)26-10-13-38(14-11-26)21-32-37-29-8-6-23(33(42)43)17-31(29)41(32)20-27-12-16-45-27/h1-8,17-18,26-27,33,42-43H,9-16,19-21H2/t27-/m0/s1. The first kappa shape index (κ1) is 30.1. The molecule has 0 radical (unpaired) electrons. The molecule has 0 bridgehead atoms. The molecule has 2 N–H and O–H groups in total. The van der Waals surface area contributed by atoms with Gasteiger partial charge in [-0.2, -0.15) is 0 Å². The number of anilines is 1. The summed E-state index contributed by atoms with van der Waals surface area (Å²) in [5, 5.41) is 19.9. The first-order chi connectivity index (χ1) is 21.8. The van der Waals surface area contributed by atoms with Gasteiger partial charge in [0.2, 0.25) is 0 Å². The third kappa shape index (κ3) is 6.17. The Labute approximate surface area is 266 Å². The molecule has 3 aliphatic heterocycles. The van der Waals surface area contributed by atoms with Crippen LogP contribution in [0, 0.1) is 5.82 Å². The Kier molecular flexibility index (Phi) is 8.50. The number of carbonyl (C=O) groups excluding carboxylic acids is 1. The van der Waals surface area contributed by atoms with E-state index in [2.05, 4.69) is 15.5 Å². The minimum absolute atomic E-state index is 0.0364. The number of rotatable bonds is 9. The van der Waals surface area contributed by atoms with Crippen molar-refractivity contribution in [2.45, 2.75) is 63.8 Å². The lowest BCUT2D eigenvalue weighted by Gasteiger charge is -2.44. The summed E-state index contributed by atoms with van der Waals surface area (Å²) < 4.78 is 22.4. The fourth-order valence-electron chi connectivity index (χ4n) is 6.77. The molecule has 4 heterocycles. The van der Waals surface area contributed by atoms with Gasteiger partial charge in [0.25, 0.3) is 0 Å². The third-order valence-corrected chi connectivity index (χ3v) is 9.65. The summed E-state index contributed by atoms with van der Waals surface area (Å²) in [6.45, 7) is 4.65. The molecule has 45 heavy (non-hydrogen) atoms. The van der Waals surface area contributed by atoms with E-state index in [1.807, 2.05) is 29.2 Å². The molecule has 7 rings (SSSR count). The van der Waals surface area contributed by atoms with Crippen molar-refractivity contribution in [1.29, 1.82) is 0 Å². The van der Waals surface area contributed by atoms with E-state index in [9.17, 15) is 19.4 Å². The number of urea groups is 1. The van der Waals surface area contributed by atoms with Crippen LogP contribution in [0.2, 0.25) is 5.02 Å². The predicted octanol–water partition coefficient (Wildman–Crippen LogP) is 5.25. The number of aliphatic hydroxyl groups is 2. The monoisotopic (exact) mass is 633 g/mol. The van der Waals surface area contributed by atoms with Crippen LogP contribution in [0.3, 0.4) is 0 Å². The molecule has 9 nitrogen and oxygen atoms in total. The number of likely N-dealkylation sites (tertiary alicyclic amines) is 1. The molecule has 0 spiro atoms. The van der Waals surface area contributed by atoms with Gasteiger partial charge in [0, 0.05) is 49.4 Å². The number of aromatic nitrogens is 2. The fraction of sp³-hybridized carbons (Fsp3) is 0.412. The molecule has 2 fully saturated rings. The summed E-state index contributed by atoms with van der Waals surface area (Å²) in [6, 6.07) is 18.0. The smallest absolute Gasteiger partial charge is 0.325 e. The fourth-order valence-corrected chi connectivity index (χ4v) is 6.93. The quantitative estimate of drug-likeness (QED) is 0.245. The lowest BCUT2D eigenvalue weighted by atomic mass is 10.00. The zero-order valence-corrected chi connectivity index (χ0v) is 25.7. The molecule has 0 aliphatic carbocycles. The van der Waals surface area contributed by atoms with E-state index in [0.29, 0.717) is 48.7 Å². The number of ether oxygens (including phenoxy) is 1. The van der Waals surface area contributed by atoms with Gasteiger partial charge in [0.05, 0.1) is 35.9 Å². The minimum atomic E-state index is -1.54. The van der Waals surface area contributed by atoms with E-state index in [-0.39, 0.29) is 24.0 Å². The maximum Gasteiger partial charge on any atom is 0.325 e. The van der Waals surface area contributed by atoms with Gasteiger partial charge < -0.3 is 24.4 Å². The highest BCUT2D eigenvalue weighted by molar-refractivity contribution is 6.30. The largest absolute Gasteiger partial charge is 0.376 e. The van der Waals surface area contributed by atoms with Gasteiger partial charge >= 0.3 is 6.03 Å². The van der Waals surface area contributed by atoms with Crippen molar-refractivity contribution < 1.29 is 24.1 Å². The zero-order chi connectivity index (χ0) is 31.1. The van der Waals surface area contributed by atoms with E-state index in [1.165, 1.54) is 6.07 Å². The van der Waals surface area contributed by atoms with Gasteiger partial charge in [0.15, 0.2) is 6.29 Å². The average molecular weight is 634 g/mol. The lowest BCUT2D eigenvalue weighted by molar-refractivity contribution is -0.0592. The number of hydrogen-bond donors (Lipinski definition) is 2. The molecule has 2 amide bonds. The van der Waals surface area contributed by atoms with Crippen molar-refractivity contribution in [3.05, 3.63) is 94.0 Å². The minimum Gasteiger partial charge on any atom is -0.376 e. The second-order valence-corrected chi connectivity index (χ2v) is 12.7. The number of carbonyl (C=O) groups is 1. The molecule has 11 heteroatoms. The molecule has 1 atom stereocenters. The van der Waals surface area contributed by atoms with Crippen LogP contribution >= 0.6 is 11.6 Å². The van der Waals surface area contributed by atoms with Crippen molar-refractivity contribution in [2.24, 2.45) is 0 Å². The third-order valence-electron chi connectivity index (χ3n) is 9.41. The molecule has 3 aliphatic rings. The van der Waals surface area contributed by atoms with Crippen LogP contribution in [0.4, 0.5) is 14.9 Å². The van der Waals surface area contributed by atoms with Crippen LogP contribution in [0.5, 0.6) is 0 Å². The Bertz CT molecular complexity index is 1700. The summed E-state index contributed by atoms with van der Waals surface area (Å²) in [7, 11) is 0. The second-order valence-electron chi connectivity index (χ2n) is 12.2. The normalized spacial score (nSPS) is 19.4. The summed E-state index contributed by atoms with van der Waals surface area (Å²) in [5.74, 6) is 0.566. The molecule has 1 aromatic heterocycles. The van der Waals surface area contributed by atoms with Crippen LogP contribution in [0.1, 0.15) is 48.1 Å². The predicted molar refractivity (Wildman–Crippen MR) is 169 cm³/mol. The number of piperidine rings is 1. The molecular formula is C34H37ClFN5O4. The molecule has 0 unspecified atom stereocenters. The number of benzene rings is 3. The Morgan fingerprint density at radius 2 is 1.84 bits per heavy atom. The first-order valence-corrected chi connectivity index (χ1v) is 16.0. The second kappa shape index (κ2) is 12.7. The number of para-hydroxylation sites is 1. The number of imidazole rings is 1. The Morgan fingerprint density at radius 1 is 1.04 bits per heavy atom. The van der Waals surface area contributed by atoms with E-state index in [1.54, 1.807) is 29.2 Å². The van der Waals surface area contributed by atoms with Gasteiger partial charge in [-0.25, -0.2) is 14.2 Å². The highest BCUT2D eigenvalue weighted by Crippen LogP contribution is 2.33. The Hall–Kier alpha value is -3.54. The SMILES string of the molecule is O=C1N(CCc2ccc(Cl)cc2F)c2ccccc2CN1C1CCN(Cc2nc3ccc(C(O)O)cc3n2C[C@@H]2CCO2)CC1. The van der Waals surface area contributed by atoms with E-state index in [0.717, 1.165) is 67.1 Å². The van der Waals surface area contributed by atoms with Crippen molar-refractivity contribution in [3.63, 3.8) is 0 Å². The average Bonchev–Trinajstić information content (AvgIpc) is 3.35. The highest BCUT2D eigenvalue weighted by Gasteiger charge is 2.36. The lowest BCUT2D eigenvalue weighted by Crippen LogP contribution is -2.54. The molecule has 0 saturated carbocycles. The molecule has 3 aromatic carbocycles. The first-order valence-electron chi connectivity index (χ1n) is 15.6.